The first-order valence-electron chi connectivity index (χ1n) is 10.2. The van der Waals surface area contributed by atoms with Crippen molar-refractivity contribution in [2.75, 3.05) is 38.5 Å². The molecule has 30 heavy (non-hydrogen) atoms. The molecule has 0 atom stereocenters. The summed E-state index contributed by atoms with van der Waals surface area (Å²) in [6, 6.07) is 13.8. The van der Waals surface area contributed by atoms with Gasteiger partial charge in [0, 0.05) is 42.4 Å². The number of nitrogens with zero attached hydrogens (tertiary/aromatic N) is 2. The number of hydrogen-bond donors (Lipinski definition) is 3. The predicted octanol–water partition coefficient (Wildman–Crippen LogP) is 2.96. The SMILES string of the molecule is N=C(CS)CN1CCN(C(=O)c2cccc3ccccc23)C/C1=C/CCCNC=O. The van der Waals surface area contributed by atoms with E-state index in [4.69, 9.17) is 5.41 Å². The summed E-state index contributed by atoms with van der Waals surface area (Å²) >= 11 is 4.21. The lowest BCUT2D eigenvalue weighted by molar-refractivity contribution is -0.109. The largest absolute Gasteiger partial charge is 0.366 e. The van der Waals surface area contributed by atoms with Crippen molar-refractivity contribution in [3.8, 4) is 0 Å². The van der Waals surface area contributed by atoms with Gasteiger partial charge in [0.1, 0.15) is 0 Å². The Balaban J connectivity index is 1.77. The molecule has 2 amide bonds. The molecular formula is C23H28N4O2S. The summed E-state index contributed by atoms with van der Waals surface area (Å²) in [6.07, 6.45) is 4.47. The lowest BCUT2D eigenvalue weighted by atomic mass is 10.0. The summed E-state index contributed by atoms with van der Waals surface area (Å²) in [5.74, 6) is 0.454. The molecule has 1 fully saturated rings. The Kier molecular flexibility index (Phi) is 7.90. The van der Waals surface area contributed by atoms with Gasteiger partial charge in [0.05, 0.1) is 13.1 Å². The minimum absolute atomic E-state index is 0.0317. The van der Waals surface area contributed by atoms with Crippen LogP contribution in [-0.4, -0.2) is 66.3 Å². The molecule has 0 unspecified atom stereocenters. The standard InChI is InChI=1S/C23H28N4O2S/c24-19(16-30)14-26-12-13-27(15-20(26)8-3-4-11-25-17-28)23(29)22-10-5-7-18-6-1-2-9-21(18)22/h1-2,5-10,17,24,30H,3-4,11-16H2,(H,25,28)/b20-8-,24-19?. The van der Waals surface area contributed by atoms with Crippen LogP contribution in [0.3, 0.4) is 0 Å². The fraction of sp³-hybridized carbons (Fsp3) is 0.348. The van der Waals surface area contributed by atoms with Gasteiger partial charge in [-0.3, -0.25) is 9.59 Å². The van der Waals surface area contributed by atoms with Gasteiger partial charge in [-0.15, -0.1) is 0 Å². The zero-order chi connectivity index (χ0) is 21.3. The maximum absolute atomic E-state index is 13.3. The van der Waals surface area contributed by atoms with Crippen LogP contribution in [0.15, 0.2) is 54.2 Å². The van der Waals surface area contributed by atoms with E-state index in [1.54, 1.807) is 0 Å². The van der Waals surface area contributed by atoms with Gasteiger partial charge in [-0.2, -0.15) is 12.6 Å². The highest BCUT2D eigenvalue weighted by Gasteiger charge is 2.26. The number of amides is 2. The normalized spacial score (nSPS) is 15.4. The number of benzene rings is 2. The van der Waals surface area contributed by atoms with Gasteiger partial charge >= 0.3 is 0 Å². The van der Waals surface area contributed by atoms with Crippen LogP contribution in [0.5, 0.6) is 0 Å². The molecule has 1 heterocycles. The van der Waals surface area contributed by atoms with Crippen LogP contribution < -0.4 is 5.32 Å². The number of unbranched alkanes of at least 4 members (excludes halogenated alkanes) is 1. The fourth-order valence-electron chi connectivity index (χ4n) is 3.70. The van der Waals surface area contributed by atoms with Crippen LogP contribution >= 0.6 is 12.6 Å². The third-order valence-electron chi connectivity index (χ3n) is 5.27. The quantitative estimate of drug-likeness (QED) is 0.251. The summed E-state index contributed by atoms with van der Waals surface area (Å²) in [5, 5.41) is 12.7. The Morgan fingerprint density at radius 2 is 1.97 bits per heavy atom. The topological polar surface area (TPSA) is 76.5 Å². The molecule has 0 aliphatic carbocycles. The third-order valence-corrected chi connectivity index (χ3v) is 5.65. The van der Waals surface area contributed by atoms with Crippen molar-refractivity contribution in [1.29, 1.82) is 5.41 Å². The molecule has 1 saturated heterocycles. The molecular weight excluding hydrogens is 396 g/mol. The number of rotatable bonds is 9. The van der Waals surface area contributed by atoms with E-state index >= 15 is 0 Å². The highest BCUT2D eigenvalue weighted by molar-refractivity contribution is 7.81. The van der Waals surface area contributed by atoms with Crippen LogP contribution in [0.2, 0.25) is 0 Å². The molecule has 0 spiro atoms. The summed E-state index contributed by atoms with van der Waals surface area (Å²) < 4.78 is 0. The molecule has 1 aliphatic rings. The molecule has 0 saturated carbocycles. The van der Waals surface area contributed by atoms with Gasteiger partial charge in [-0.1, -0.05) is 42.5 Å². The number of thiol groups is 1. The second-order valence-corrected chi connectivity index (χ2v) is 7.66. The summed E-state index contributed by atoms with van der Waals surface area (Å²) in [4.78, 5) is 27.8. The molecule has 6 nitrogen and oxygen atoms in total. The van der Waals surface area contributed by atoms with E-state index in [0.717, 1.165) is 34.9 Å². The average molecular weight is 425 g/mol. The van der Waals surface area contributed by atoms with Crippen LogP contribution in [0.25, 0.3) is 10.8 Å². The Hall–Kier alpha value is -2.80. The summed E-state index contributed by atoms with van der Waals surface area (Å²) in [6.45, 7) is 2.97. The number of carbonyl (C=O) groups is 2. The van der Waals surface area contributed by atoms with Crippen molar-refractivity contribution in [3.05, 3.63) is 59.8 Å². The Bertz CT molecular complexity index is 938. The first-order valence-corrected chi connectivity index (χ1v) is 10.8. The van der Waals surface area contributed by atoms with Crippen molar-refractivity contribution in [3.63, 3.8) is 0 Å². The number of hydrogen-bond acceptors (Lipinski definition) is 5. The van der Waals surface area contributed by atoms with Gasteiger partial charge in [-0.05, 0) is 29.7 Å². The Labute approximate surface area is 182 Å². The van der Waals surface area contributed by atoms with Crippen molar-refractivity contribution >= 4 is 41.4 Å². The molecule has 2 aromatic rings. The molecule has 1 aliphatic heterocycles. The van der Waals surface area contributed by atoms with Gasteiger partial charge < -0.3 is 20.5 Å². The van der Waals surface area contributed by atoms with Crippen LogP contribution in [0, 0.1) is 5.41 Å². The van der Waals surface area contributed by atoms with Crippen LogP contribution in [-0.2, 0) is 4.79 Å². The summed E-state index contributed by atoms with van der Waals surface area (Å²) in [5.41, 5.74) is 2.33. The lowest BCUT2D eigenvalue weighted by Crippen LogP contribution is -2.48. The molecule has 7 heteroatoms. The monoisotopic (exact) mass is 424 g/mol. The number of piperazine rings is 1. The first kappa shape index (κ1) is 21.9. The van der Waals surface area contributed by atoms with Gasteiger partial charge in [-0.25, -0.2) is 0 Å². The van der Waals surface area contributed by atoms with Crippen LogP contribution in [0.4, 0.5) is 0 Å². The van der Waals surface area contributed by atoms with E-state index in [-0.39, 0.29) is 5.91 Å². The second-order valence-electron chi connectivity index (χ2n) is 7.35. The highest BCUT2D eigenvalue weighted by atomic mass is 32.1. The molecule has 0 bridgehead atoms. The van der Waals surface area contributed by atoms with Crippen molar-refractivity contribution in [2.24, 2.45) is 0 Å². The molecule has 158 valence electrons. The molecule has 2 aromatic carbocycles. The number of carbonyl (C=O) groups excluding carboxylic acids is 2. The Morgan fingerprint density at radius 1 is 1.17 bits per heavy atom. The van der Waals surface area contributed by atoms with E-state index in [1.807, 2.05) is 47.4 Å². The molecule has 2 N–H and O–H groups in total. The zero-order valence-electron chi connectivity index (χ0n) is 17.0. The van der Waals surface area contributed by atoms with E-state index in [1.165, 1.54) is 0 Å². The van der Waals surface area contributed by atoms with Crippen molar-refractivity contribution in [2.45, 2.75) is 12.8 Å². The number of nitrogens with one attached hydrogen (secondary N) is 2. The molecule has 0 aromatic heterocycles. The maximum Gasteiger partial charge on any atom is 0.254 e. The van der Waals surface area contributed by atoms with Crippen molar-refractivity contribution in [1.82, 2.24) is 15.1 Å². The highest BCUT2D eigenvalue weighted by Crippen LogP contribution is 2.23. The smallest absolute Gasteiger partial charge is 0.254 e. The molecule has 3 rings (SSSR count). The first-order chi connectivity index (χ1) is 14.6. The molecule has 0 radical (unpaired) electrons. The minimum Gasteiger partial charge on any atom is -0.366 e. The zero-order valence-corrected chi connectivity index (χ0v) is 17.9. The summed E-state index contributed by atoms with van der Waals surface area (Å²) in [7, 11) is 0. The van der Waals surface area contributed by atoms with Gasteiger partial charge in [0.2, 0.25) is 6.41 Å². The second kappa shape index (κ2) is 10.8. The average Bonchev–Trinajstić information content (AvgIpc) is 2.78. The van der Waals surface area contributed by atoms with E-state index in [0.29, 0.717) is 50.6 Å². The lowest BCUT2D eigenvalue weighted by Gasteiger charge is -2.38. The fourth-order valence-corrected chi connectivity index (χ4v) is 3.80. The predicted molar refractivity (Wildman–Crippen MR) is 124 cm³/mol. The van der Waals surface area contributed by atoms with Gasteiger partial charge in [0.25, 0.3) is 5.91 Å². The maximum atomic E-state index is 13.3. The van der Waals surface area contributed by atoms with Gasteiger partial charge in [0.15, 0.2) is 0 Å². The van der Waals surface area contributed by atoms with Crippen LogP contribution in [0.1, 0.15) is 23.2 Å². The Morgan fingerprint density at radius 3 is 2.77 bits per heavy atom. The van der Waals surface area contributed by atoms with E-state index < -0.39 is 0 Å². The minimum atomic E-state index is 0.0317. The van der Waals surface area contributed by atoms with Crippen molar-refractivity contribution < 1.29 is 9.59 Å². The van der Waals surface area contributed by atoms with E-state index in [9.17, 15) is 9.59 Å². The van der Waals surface area contributed by atoms with E-state index in [2.05, 4.69) is 28.9 Å². The number of fused-ring (bicyclic) bond motifs is 1. The third kappa shape index (κ3) is 5.42. The number of allylic oxidation sites excluding steroid dienone is 1.